The topological polar surface area (TPSA) is 57.9 Å². The van der Waals surface area contributed by atoms with Gasteiger partial charge in [0.15, 0.2) is 0 Å². The van der Waals surface area contributed by atoms with Crippen LogP contribution in [0.25, 0.3) is 5.76 Å². The van der Waals surface area contributed by atoms with E-state index in [4.69, 9.17) is 4.65 Å². The first-order valence-electron chi connectivity index (χ1n) is 9.17. The van der Waals surface area contributed by atoms with Crippen LogP contribution in [0.3, 0.4) is 0 Å². The summed E-state index contributed by atoms with van der Waals surface area (Å²) in [6.07, 6.45) is 5.85. The Morgan fingerprint density at radius 1 is 1.07 bits per heavy atom. The Balaban J connectivity index is 2.53. The minimum Gasteiger partial charge on any atom is -0.503 e. The number of hydrogen-bond acceptors (Lipinski definition) is 2. The van der Waals surface area contributed by atoms with E-state index in [1.807, 2.05) is 27.7 Å². The van der Waals surface area contributed by atoms with Crippen LogP contribution >= 0.6 is 22.6 Å². The van der Waals surface area contributed by atoms with Gasteiger partial charge in [-0.25, -0.2) is 8.63 Å². The molecule has 2 heterocycles. The van der Waals surface area contributed by atoms with Gasteiger partial charge in [-0.05, 0) is 70.5 Å². The average molecular weight is 488 g/mol. The molecule has 27 heavy (non-hydrogen) atoms. The van der Waals surface area contributed by atoms with E-state index in [2.05, 4.69) is 32.6 Å². The first-order valence-corrected chi connectivity index (χ1v) is 10.2. The van der Waals surface area contributed by atoms with Gasteiger partial charge in [0.1, 0.15) is 5.76 Å². The smallest absolute Gasteiger partial charge is 0.503 e. The van der Waals surface area contributed by atoms with Crippen molar-refractivity contribution in [3.8, 4) is 0 Å². The molecule has 0 radical (unpaired) electrons. The van der Waals surface area contributed by atoms with Crippen molar-refractivity contribution < 1.29 is 18.1 Å². The van der Waals surface area contributed by atoms with Gasteiger partial charge in [-0.1, -0.05) is 27.7 Å². The molecule has 2 rings (SSSR count). The Labute approximate surface area is 172 Å². The van der Waals surface area contributed by atoms with E-state index in [1.54, 1.807) is 6.20 Å². The van der Waals surface area contributed by atoms with Gasteiger partial charge in [0.2, 0.25) is 5.78 Å². The molecule has 2 N–H and O–H groups in total. The number of ketones is 1. The van der Waals surface area contributed by atoms with Gasteiger partial charge in [0.25, 0.3) is 0 Å². The molecule has 0 bridgehead atoms. The van der Waals surface area contributed by atoms with Crippen LogP contribution in [0, 0.1) is 3.70 Å². The molecule has 0 amide bonds. The van der Waals surface area contributed by atoms with Crippen molar-refractivity contribution in [1.82, 2.24) is 9.97 Å². The van der Waals surface area contributed by atoms with E-state index in [-0.39, 0.29) is 11.5 Å². The molecular weight excluding hydrogens is 464 g/mol. The summed E-state index contributed by atoms with van der Waals surface area (Å²) in [6.45, 7) is 7.95. The highest BCUT2D eigenvalue weighted by Crippen LogP contribution is 2.27. The van der Waals surface area contributed by atoms with Crippen molar-refractivity contribution >= 4 is 41.6 Å². The minimum absolute atomic E-state index is 0.128. The Morgan fingerprint density at radius 2 is 1.70 bits per heavy atom. The number of halogens is 3. The van der Waals surface area contributed by atoms with Crippen molar-refractivity contribution in [3.63, 3.8) is 0 Å². The lowest BCUT2D eigenvalue weighted by Gasteiger charge is -2.10. The highest BCUT2D eigenvalue weighted by Gasteiger charge is 2.25. The molecule has 0 unspecified atom stereocenters. The third-order valence-electron chi connectivity index (χ3n) is 4.66. The fourth-order valence-corrected chi connectivity index (χ4v) is 4.38. The lowest BCUT2D eigenvalue weighted by molar-refractivity contribution is 0.104. The summed E-state index contributed by atoms with van der Waals surface area (Å²) < 4.78 is 31.7. The van der Waals surface area contributed by atoms with Crippen LogP contribution in [-0.4, -0.2) is 23.2 Å². The molecule has 0 aliphatic rings. The molecule has 8 heteroatoms. The third-order valence-corrected chi connectivity index (χ3v) is 5.58. The zero-order chi connectivity index (χ0) is 20.1. The summed E-state index contributed by atoms with van der Waals surface area (Å²) in [7, 11) is -3.01. The Kier molecular flexibility index (Phi) is 7.70. The lowest BCUT2D eigenvalue weighted by atomic mass is 10.0. The average Bonchev–Trinajstić information content (AvgIpc) is 3.20. The van der Waals surface area contributed by atoms with Crippen LogP contribution in [0.2, 0.25) is 0 Å². The molecule has 0 saturated carbocycles. The number of H-pyrrole nitrogens is 2. The van der Waals surface area contributed by atoms with Gasteiger partial charge in [0.05, 0.1) is 15.1 Å². The van der Waals surface area contributed by atoms with Crippen molar-refractivity contribution in [2.24, 2.45) is 0 Å². The first-order chi connectivity index (χ1) is 12.9. The molecule has 0 aliphatic heterocycles. The van der Waals surface area contributed by atoms with Crippen molar-refractivity contribution in [2.75, 3.05) is 0 Å². The monoisotopic (exact) mass is 488 g/mol. The number of allylic oxidation sites excluding steroid dienone is 1. The van der Waals surface area contributed by atoms with Gasteiger partial charge >= 0.3 is 7.47 Å². The standard InChI is InChI=1S/C19H24BF2IN2O2/c1-5-11-10-24-18(12(11)6-2)16(27-20(21)22)9-15(26)17-13(7-3)14(8-4)19(23)25-17/h9-10,24-25H,5-8H2,1-4H3/b16-9-. The third kappa shape index (κ3) is 4.64. The van der Waals surface area contributed by atoms with E-state index in [9.17, 15) is 13.4 Å². The van der Waals surface area contributed by atoms with E-state index in [0.717, 1.165) is 44.9 Å². The number of hydrogen-bond donors (Lipinski definition) is 2. The molecule has 0 atom stereocenters. The molecule has 0 aliphatic carbocycles. The molecule has 0 spiro atoms. The molecule has 0 fully saturated rings. The second-order valence-electron chi connectivity index (χ2n) is 6.10. The van der Waals surface area contributed by atoms with Gasteiger partial charge in [-0.15, -0.1) is 0 Å². The SMILES string of the molecule is CCc1c[nH]c(/C(=C/C(=O)c2[nH]c(I)c(CC)c2CC)OB(F)F)c1CC. The van der Waals surface area contributed by atoms with Crippen LogP contribution in [0.4, 0.5) is 8.63 Å². The van der Waals surface area contributed by atoms with Gasteiger partial charge in [-0.2, -0.15) is 0 Å². The predicted octanol–water partition coefficient (Wildman–Crippen LogP) is 5.36. The van der Waals surface area contributed by atoms with Crippen molar-refractivity contribution in [1.29, 1.82) is 0 Å². The second kappa shape index (κ2) is 9.57. The van der Waals surface area contributed by atoms with Crippen LogP contribution in [0.15, 0.2) is 12.3 Å². The molecular formula is C19H24BF2IN2O2. The normalized spacial score (nSPS) is 11.7. The number of aryl methyl sites for hydroxylation is 1. The zero-order valence-electron chi connectivity index (χ0n) is 16.0. The largest absolute Gasteiger partial charge is 0.796 e. The van der Waals surface area contributed by atoms with E-state index < -0.39 is 7.47 Å². The summed E-state index contributed by atoms with van der Waals surface area (Å²) in [4.78, 5) is 19.0. The second-order valence-corrected chi connectivity index (χ2v) is 7.18. The molecule has 0 aromatic carbocycles. The van der Waals surface area contributed by atoms with Gasteiger partial charge < -0.3 is 14.6 Å². The number of carbonyl (C=O) groups is 1. The first kappa shape index (κ1) is 21.7. The summed E-state index contributed by atoms with van der Waals surface area (Å²) in [6, 6.07) is 0. The lowest BCUT2D eigenvalue weighted by Crippen LogP contribution is -2.09. The molecule has 4 nitrogen and oxygen atoms in total. The minimum atomic E-state index is -3.01. The van der Waals surface area contributed by atoms with Crippen LogP contribution in [0.1, 0.15) is 66.1 Å². The van der Waals surface area contributed by atoms with Crippen LogP contribution < -0.4 is 0 Å². The Morgan fingerprint density at radius 3 is 2.22 bits per heavy atom. The van der Waals surface area contributed by atoms with E-state index in [1.165, 1.54) is 0 Å². The maximum atomic E-state index is 13.0. The molecule has 2 aromatic heterocycles. The highest BCUT2D eigenvalue weighted by atomic mass is 127. The highest BCUT2D eigenvalue weighted by molar-refractivity contribution is 14.1. The van der Waals surface area contributed by atoms with Crippen molar-refractivity contribution in [2.45, 2.75) is 53.4 Å². The zero-order valence-corrected chi connectivity index (χ0v) is 18.2. The quantitative estimate of drug-likeness (QED) is 0.164. The van der Waals surface area contributed by atoms with E-state index in [0.29, 0.717) is 24.2 Å². The number of aromatic nitrogens is 2. The summed E-state index contributed by atoms with van der Waals surface area (Å²) >= 11 is 2.16. The fourth-order valence-electron chi connectivity index (χ4n) is 3.40. The van der Waals surface area contributed by atoms with Gasteiger partial charge in [-0.3, -0.25) is 4.79 Å². The van der Waals surface area contributed by atoms with Crippen LogP contribution in [-0.2, 0) is 30.3 Å². The number of carbonyl (C=O) groups excluding carboxylic acids is 1. The maximum Gasteiger partial charge on any atom is 0.796 e. The van der Waals surface area contributed by atoms with Gasteiger partial charge in [0, 0.05) is 12.3 Å². The predicted molar refractivity (Wildman–Crippen MR) is 113 cm³/mol. The maximum absolute atomic E-state index is 13.0. The Bertz CT molecular complexity index is 843. The molecule has 2 aromatic rings. The number of nitrogens with one attached hydrogen (secondary N) is 2. The summed E-state index contributed by atoms with van der Waals surface area (Å²) in [5, 5.41) is 0. The summed E-state index contributed by atoms with van der Waals surface area (Å²) in [5.41, 5.74) is 4.82. The fraction of sp³-hybridized carbons (Fsp3) is 0.421. The Hall–Kier alpha value is -1.58. The summed E-state index contributed by atoms with van der Waals surface area (Å²) in [5.74, 6) is -0.494. The van der Waals surface area contributed by atoms with E-state index >= 15 is 0 Å². The molecule has 146 valence electrons. The number of aromatic amines is 2. The van der Waals surface area contributed by atoms with Crippen molar-refractivity contribution in [3.05, 3.63) is 49.6 Å². The van der Waals surface area contributed by atoms with Crippen LogP contribution in [0.5, 0.6) is 0 Å². The number of rotatable bonds is 9. The molecule has 0 saturated heterocycles.